The molecule has 0 bridgehead atoms. The van der Waals surface area contributed by atoms with Crippen LogP contribution in [0.2, 0.25) is 0 Å². The van der Waals surface area contributed by atoms with Crippen molar-refractivity contribution in [3.8, 4) is 17.3 Å². The molecule has 3 rings (SSSR count). The number of methoxy groups -OCH3 is 2. The molecule has 0 saturated heterocycles. The van der Waals surface area contributed by atoms with Gasteiger partial charge in [-0.25, -0.2) is 19.3 Å². The highest BCUT2D eigenvalue weighted by Gasteiger charge is 2.24. The maximum atomic E-state index is 11.9. The van der Waals surface area contributed by atoms with Crippen molar-refractivity contribution >= 4 is 23.3 Å². The first-order valence-electron chi connectivity index (χ1n) is 8.27. The molecule has 0 aromatic carbocycles. The molecule has 28 heavy (non-hydrogen) atoms. The Bertz CT molecular complexity index is 1050. The first kappa shape index (κ1) is 19.2. The number of anilines is 1. The number of pyridine rings is 1. The van der Waals surface area contributed by atoms with Gasteiger partial charge in [-0.05, 0) is 38.1 Å². The second kappa shape index (κ2) is 7.24. The SMILES string of the molecule is COC(=O)c1ccc(-c2ccc3nc(NC(=O)C(C)(C)O)cn3n2)nc1OC. The summed E-state index contributed by atoms with van der Waals surface area (Å²) in [7, 11) is 2.68. The van der Waals surface area contributed by atoms with E-state index in [2.05, 4.69) is 20.4 Å². The van der Waals surface area contributed by atoms with Crippen molar-refractivity contribution in [1.82, 2.24) is 19.6 Å². The lowest BCUT2D eigenvalue weighted by Gasteiger charge is -2.14. The Morgan fingerprint density at radius 2 is 1.82 bits per heavy atom. The van der Waals surface area contributed by atoms with E-state index in [4.69, 9.17) is 9.47 Å². The molecule has 0 aliphatic rings. The number of carbonyl (C=O) groups excluding carboxylic acids is 2. The maximum absolute atomic E-state index is 11.9. The van der Waals surface area contributed by atoms with E-state index in [-0.39, 0.29) is 17.3 Å². The van der Waals surface area contributed by atoms with Crippen molar-refractivity contribution in [3.05, 3.63) is 36.0 Å². The molecule has 3 aromatic rings. The maximum Gasteiger partial charge on any atom is 0.343 e. The average Bonchev–Trinajstić information content (AvgIpc) is 3.07. The van der Waals surface area contributed by atoms with Crippen LogP contribution in [0.3, 0.4) is 0 Å². The molecule has 0 aliphatic heterocycles. The Labute approximate surface area is 160 Å². The van der Waals surface area contributed by atoms with Crippen molar-refractivity contribution in [2.75, 3.05) is 19.5 Å². The van der Waals surface area contributed by atoms with E-state index in [1.54, 1.807) is 24.3 Å². The third-order valence-corrected chi connectivity index (χ3v) is 3.84. The molecule has 0 unspecified atom stereocenters. The predicted molar refractivity (Wildman–Crippen MR) is 99.0 cm³/mol. The van der Waals surface area contributed by atoms with Crippen LogP contribution in [0.15, 0.2) is 30.5 Å². The molecule has 0 spiro atoms. The molecular weight excluding hydrogens is 366 g/mol. The molecule has 2 N–H and O–H groups in total. The van der Waals surface area contributed by atoms with E-state index in [1.165, 1.54) is 38.8 Å². The third kappa shape index (κ3) is 3.76. The minimum absolute atomic E-state index is 0.120. The van der Waals surface area contributed by atoms with Gasteiger partial charge >= 0.3 is 5.97 Å². The standard InChI is InChI=1S/C18H19N5O5/c1-18(2,26)17(25)21-13-9-23-14(20-13)8-7-12(22-23)11-6-5-10(16(24)28-4)15(19-11)27-3/h5-9,26H,1-4H3,(H,21,25). The number of imidazole rings is 1. The number of fused-ring (bicyclic) bond motifs is 1. The Balaban J connectivity index is 1.94. The van der Waals surface area contributed by atoms with Crippen LogP contribution in [0, 0.1) is 0 Å². The zero-order chi connectivity index (χ0) is 20.5. The van der Waals surface area contributed by atoms with Crippen LogP contribution in [0.1, 0.15) is 24.2 Å². The number of nitrogens with zero attached hydrogens (tertiary/aromatic N) is 4. The van der Waals surface area contributed by atoms with E-state index >= 15 is 0 Å². The molecule has 0 aliphatic carbocycles. The molecule has 0 fully saturated rings. The number of aliphatic hydroxyl groups is 1. The van der Waals surface area contributed by atoms with Crippen LogP contribution in [-0.2, 0) is 9.53 Å². The van der Waals surface area contributed by atoms with Gasteiger partial charge in [-0.3, -0.25) is 4.79 Å². The molecule has 1 amide bonds. The smallest absolute Gasteiger partial charge is 0.343 e. The summed E-state index contributed by atoms with van der Waals surface area (Å²) in [6, 6.07) is 6.56. The number of hydrogen-bond acceptors (Lipinski definition) is 8. The van der Waals surface area contributed by atoms with Gasteiger partial charge in [0, 0.05) is 0 Å². The molecule has 0 saturated carbocycles. The number of carbonyl (C=O) groups is 2. The van der Waals surface area contributed by atoms with Crippen LogP contribution in [0.4, 0.5) is 5.82 Å². The second-order valence-electron chi connectivity index (χ2n) is 6.41. The summed E-state index contributed by atoms with van der Waals surface area (Å²) >= 11 is 0. The van der Waals surface area contributed by atoms with E-state index in [1.807, 2.05) is 0 Å². The summed E-state index contributed by atoms with van der Waals surface area (Å²) in [5.74, 6) is -0.764. The van der Waals surface area contributed by atoms with Crippen molar-refractivity contribution in [1.29, 1.82) is 0 Å². The number of esters is 1. The summed E-state index contributed by atoms with van der Waals surface area (Å²) in [6.45, 7) is 2.76. The van der Waals surface area contributed by atoms with Crippen LogP contribution in [-0.4, -0.2) is 56.4 Å². The molecule has 3 heterocycles. The van der Waals surface area contributed by atoms with Gasteiger partial charge in [-0.2, -0.15) is 5.10 Å². The summed E-state index contributed by atoms with van der Waals surface area (Å²) in [6.07, 6.45) is 1.52. The number of aromatic nitrogens is 4. The first-order chi connectivity index (χ1) is 13.2. The van der Waals surface area contributed by atoms with E-state index in [0.29, 0.717) is 17.0 Å². The van der Waals surface area contributed by atoms with Gasteiger partial charge in [-0.1, -0.05) is 0 Å². The molecule has 3 aromatic heterocycles. The summed E-state index contributed by atoms with van der Waals surface area (Å²) in [5.41, 5.74) is 0.139. The minimum Gasteiger partial charge on any atom is -0.480 e. The fraction of sp³-hybridized carbons (Fsp3) is 0.278. The Kier molecular flexibility index (Phi) is 4.97. The van der Waals surface area contributed by atoms with Gasteiger partial charge in [-0.15, -0.1) is 0 Å². The largest absolute Gasteiger partial charge is 0.480 e. The van der Waals surface area contributed by atoms with Gasteiger partial charge in [0.1, 0.15) is 16.9 Å². The van der Waals surface area contributed by atoms with E-state index in [0.717, 1.165) is 0 Å². The van der Waals surface area contributed by atoms with Crippen molar-refractivity contribution in [2.45, 2.75) is 19.4 Å². The molecule has 10 nitrogen and oxygen atoms in total. The summed E-state index contributed by atoms with van der Waals surface area (Å²) in [5, 5.41) is 16.7. The molecular formula is C18H19N5O5. The quantitative estimate of drug-likeness (QED) is 0.629. The molecule has 0 atom stereocenters. The first-order valence-corrected chi connectivity index (χ1v) is 8.27. The second-order valence-corrected chi connectivity index (χ2v) is 6.41. The molecule has 10 heteroatoms. The van der Waals surface area contributed by atoms with Gasteiger partial charge < -0.3 is 19.9 Å². The third-order valence-electron chi connectivity index (χ3n) is 3.84. The van der Waals surface area contributed by atoms with Gasteiger partial charge in [0.25, 0.3) is 5.91 Å². The van der Waals surface area contributed by atoms with Gasteiger partial charge in [0.2, 0.25) is 5.88 Å². The van der Waals surface area contributed by atoms with Crippen LogP contribution >= 0.6 is 0 Å². The van der Waals surface area contributed by atoms with E-state index < -0.39 is 17.5 Å². The number of rotatable bonds is 5. The summed E-state index contributed by atoms with van der Waals surface area (Å²) < 4.78 is 11.3. The van der Waals surface area contributed by atoms with Gasteiger partial charge in [0.05, 0.1) is 26.1 Å². The van der Waals surface area contributed by atoms with Crippen LogP contribution in [0.5, 0.6) is 5.88 Å². The van der Waals surface area contributed by atoms with Crippen molar-refractivity contribution in [2.24, 2.45) is 0 Å². The highest BCUT2D eigenvalue weighted by Crippen LogP contribution is 2.23. The Morgan fingerprint density at radius 1 is 1.11 bits per heavy atom. The zero-order valence-corrected chi connectivity index (χ0v) is 15.8. The van der Waals surface area contributed by atoms with Crippen molar-refractivity contribution < 1.29 is 24.2 Å². The van der Waals surface area contributed by atoms with Crippen LogP contribution in [0.25, 0.3) is 17.0 Å². The topological polar surface area (TPSA) is 128 Å². The lowest BCUT2D eigenvalue weighted by atomic mass is 10.1. The monoisotopic (exact) mass is 385 g/mol. The fourth-order valence-electron chi connectivity index (χ4n) is 2.35. The predicted octanol–water partition coefficient (Wildman–Crippen LogP) is 1.30. The molecule has 146 valence electrons. The number of hydrogen-bond donors (Lipinski definition) is 2. The Morgan fingerprint density at radius 3 is 2.46 bits per heavy atom. The highest BCUT2D eigenvalue weighted by molar-refractivity contribution is 5.96. The lowest BCUT2D eigenvalue weighted by Crippen LogP contribution is -2.36. The Hall–Kier alpha value is -3.53. The van der Waals surface area contributed by atoms with Crippen LogP contribution < -0.4 is 10.1 Å². The van der Waals surface area contributed by atoms with E-state index in [9.17, 15) is 14.7 Å². The average molecular weight is 385 g/mol. The molecule has 0 radical (unpaired) electrons. The highest BCUT2D eigenvalue weighted by atomic mass is 16.5. The number of nitrogens with one attached hydrogen (secondary N) is 1. The fourth-order valence-corrected chi connectivity index (χ4v) is 2.35. The lowest BCUT2D eigenvalue weighted by molar-refractivity contribution is -0.130. The summed E-state index contributed by atoms with van der Waals surface area (Å²) in [4.78, 5) is 32.2. The normalized spacial score (nSPS) is 11.3. The van der Waals surface area contributed by atoms with Gasteiger partial charge in [0.15, 0.2) is 11.5 Å². The van der Waals surface area contributed by atoms with Crippen molar-refractivity contribution in [3.63, 3.8) is 0 Å². The number of ether oxygens (including phenoxy) is 2. The minimum atomic E-state index is -1.53. The zero-order valence-electron chi connectivity index (χ0n) is 15.8. The number of amides is 1.